The van der Waals surface area contributed by atoms with Crippen molar-refractivity contribution >= 4 is 5.91 Å². The molecule has 3 N–H and O–H groups in total. The maximum atomic E-state index is 11.5. The van der Waals surface area contributed by atoms with Crippen LogP contribution in [0.2, 0.25) is 0 Å². The number of carbonyl (C=O) groups is 1. The summed E-state index contributed by atoms with van der Waals surface area (Å²) in [5.74, 6) is 0.989. The van der Waals surface area contributed by atoms with Crippen LogP contribution in [0.25, 0.3) is 0 Å². The Balaban J connectivity index is 1.64. The number of benzene rings is 1. The van der Waals surface area contributed by atoms with Gasteiger partial charge >= 0.3 is 0 Å². The van der Waals surface area contributed by atoms with Crippen LogP contribution in [0.15, 0.2) is 24.3 Å². The standard InChI is InChI=1S/C19H31N3O2/c20-10-5-9-19(23)21-11-6-14-24-18-8-4-7-17(15-18)16-22-12-2-1-3-13-22/h4,7-8,15H,1-3,5-6,9-14,16,20H2,(H,21,23). The van der Waals surface area contributed by atoms with Crippen molar-refractivity contribution in [2.45, 2.75) is 45.1 Å². The summed E-state index contributed by atoms with van der Waals surface area (Å²) >= 11 is 0. The van der Waals surface area contributed by atoms with Gasteiger partial charge in [-0.2, -0.15) is 0 Å². The van der Waals surface area contributed by atoms with E-state index in [1.54, 1.807) is 0 Å². The highest BCUT2D eigenvalue weighted by molar-refractivity contribution is 5.75. The molecule has 134 valence electrons. The predicted molar refractivity (Wildman–Crippen MR) is 97.0 cm³/mol. The Morgan fingerprint density at radius 3 is 2.83 bits per heavy atom. The summed E-state index contributed by atoms with van der Waals surface area (Å²) < 4.78 is 5.81. The summed E-state index contributed by atoms with van der Waals surface area (Å²) in [5, 5.41) is 2.89. The summed E-state index contributed by atoms with van der Waals surface area (Å²) in [7, 11) is 0. The van der Waals surface area contributed by atoms with Crippen LogP contribution in [0.4, 0.5) is 0 Å². The summed E-state index contributed by atoms with van der Waals surface area (Å²) in [6, 6.07) is 8.36. The molecule has 0 bridgehead atoms. The molecular weight excluding hydrogens is 302 g/mol. The molecule has 0 spiro atoms. The van der Waals surface area contributed by atoms with Crippen molar-refractivity contribution in [2.24, 2.45) is 5.73 Å². The first kappa shape index (κ1) is 18.7. The molecule has 0 aliphatic carbocycles. The molecule has 1 aliphatic heterocycles. The van der Waals surface area contributed by atoms with Gasteiger partial charge in [-0.15, -0.1) is 0 Å². The van der Waals surface area contributed by atoms with Gasteiger partial charge in [0.15, 0.2) is 0 Å². The van der Waals surface area contributed by atoms with Gasteiger partial charge in [0.1, 0.15) is 5.75 Å². The highest BCUT2D eigenvalue weighted by Crippen LogP contribution is 2.17. The van der Waals surface area contributed by atoms with E-state index in [1.165, 1.54) is 37.9 Å². The van der Waals surface area contributed by atoms with E-state index in [2.05, 4.69) is 28.4 Å². The van der Waals surface area contributed by atoms with Crippen LogP contribution in [-0.2, 0) is 11.3 Å². The Kier molecular flexibility index (Phi) is 8.63. The van der Waals surface area contributed by atoms with Crippen molar-refractivity contribution in [1.29, 1.82) is 0 Å². The molecule has 0 saturated carbocycles. The fourth-order valence-electron chi connectivity index (χ4n) is 2.95. The van der Waals surface area contributed by atoms with Gasteiger partial charge in [0.05, 0.1) is 6.61 Å². The molecule has 0 atom stereocenters. The number of rotatable bonds is 10. The minimum absolute atomic E-state index is 0.0731. The second kappa shape index (κ2) is 11.0. The number of hydrogen-bond donors (Lipinski definition) is 2. The van der Waals surface area contributed by atoms with E-state index < -0.39 is 0 Å². The van der Waals surface area contributed by atoms with E-state index in [-0.39, 0.29) is 5.91 Å². The second-order valence-electron chi connectivity index (χ2n) is 6.43. The molecule has 1 amide bonds. The van der Waals surface area contributed by atoms with Gasteiger partial charge in [-0.05, 0) is 63.0 Å². The first-order chi connectivity index (χ1) is 11.8. The molecule has 1 fully saturated rings. The Labute approximate surface area is 145 Å². The molecule has 1 aromatic carbocycles. The topological polar surface area (TPSA) is 67.6 Å². The van der Waals surface area contributed by atoms with E-state index in [4.69, 9.17) is 10.5 Å². The van der Waals surface area contributed by atoms with Crippen molar-refractivity contribution < 1.29 is 9.53 Å². The quantitative estimate of drug-likeness (QED) is 0.645. The lowest BCUT2D eigenvalue weighted by Gasteiger charge is -2.26. The zero-order valence-corrected chi connectivity index (χ0v) is 14.6. The zero-order valence-electron chi connectivity index (χ0n) is 14.6. The number of nitrogens with two attached hydrogens (primary N) is 1. The summed E-state index contributed by atoms with van der Waals surface area (Å²) in [4.78, 5) is 14.0. The van der Waals surface area contributed by atoms with E-state index in [9.17, 15) is 4.79 Å². The van der Waals surface area contributed by atoms with E-state index in [1.807, 2.05) is 6.07 Å². The van der Waals surface area contributed by atoms with Crippen LogP contribution < -0.4 is 15.8 Å². The smallest absolute Gasteiger partial charge is 0.220 e. The fraction of sp³-hybridized carbons (Fsp3) is 0.632. The monoisotopic (exact) mass is 333 g/mol. The molecule has 24 heavy (non-hydrogen) atoms. The molecule has 0 radical (unpaired) electrons. The molecule has 1 aromatic rings. The Bertz CT molecular complexity index is 487. The highest BCUT2D eigenvalue weighted by Gasteiger charge is 2.10. The van der Waals surface area contributed by atoms with Crippen LogP contribution >= 0.6 is 0 Å². The first-order valence-electron chi connectivity index (χ1n) is 9.19. The number of likely N-dealkylation sites (tertiary alicyclic amines) is 1. The largest absolute Gasteiger partial charge is 0.494 e. The Morgan fingerprint density at radius 1 is 1.21 bits per heavy atom. The molecular formula is C19H31N3O2. The fourth-order valence-corrected chi connectivity index (χ4v) is 2.95. The molecule has 0 aromatic heterocycles. The molecule has 2 rings (SSSR count). The van der Waals surface area contributed by atoms with Crippen molar-refractivity contribution in [3.8, 4) is 5.75 Å². The first-order valence-corrected chi connectivity index (χ1v) is 9.19. The minimum Gasteiger partial charge on any atom is -0.494 e. The van der Waals surface area contributed by atoms with Gasteiger partial charge in [0, 0.05) is 19.5 Å². The van der Waals surface area contributed by atoms with Crippen molar-refractivity contribution in [1.82, 2.24) is 10.2 Å². The molecule has 0 unspecified atom stereocenters. The van der Waals surface area contributed by atoms with E-state index >= 15 is 0 Å². The number of piperidine rings is 1. The normalized spacial score (nSPS) is 15.2. The second-order valence-corrected chi connectivity index (χ2v) is 6.43. The zero-order chi connectivity index (χ0) is 17.0. The molecule has 1 heterocycles. The highest BCUT2D eigenvalue weighted by atomic mass is 16.5. The van der Waals surface area contributed by atoms with Crippen molar-refractivity contribution in [2.75, 3.05) is 32.8 Å². The van der Waals surface area contributed by atoms with Crippen molar-refractivity contribution in [3.05, 3.63) is 29.8 Å². The third-order valence-corrected chi connectivity index (χ3v) is 4.27. The minimum atomic E-state index is 0.0731. The van der Waals surface area contributed by atoms with Crippen LogP contribution in [0.1, 0.15) is 44.1 Å². The van der Waals surface area contributed by atoms with Crippen LogP contribution in [0, 0.1) is 0 Å². The van der Waals surface area contributed by atoms with E-state index in [0.717, 1.165) is 25.1 Å². The number of hydrogen-bond acceptors (Lipinski definition) is 4. The van der Waals surface area contributed by atoms with Crippen LogP contribution in [0.3, 0.4) is 0 Å². The maximum Gasteiger partial charge on any atom is 0.220 e. The lowest BCUT2D eigenvalue weighted by Crippen LogP contribution is -2.29. The third-order valence-electron chi connectivity index (χ3n) is 4.27. The summed E-state index contributed by atoms with van der Waals surface area (Å²) in [5.41, 5.74) is 6.70. The van der Waals surface area contributed by atoms with Crippen LogP contribution in [0.5, 0.6) is 5.75 Å². The van der Waals surface area contributed by atoms with Gasteiger partial charge in [0.2, 0.25) is 5.91 Å². The lowest BCUT2D eigenvalue weighted by atomic mass is 10.1. The van der Waals surface area contributed by atoms with Crippen molar-refractivity contribution in [3.63, 3.8) is 0 Å². The predicted octanol–water partition coefficient (Wildman–Crippen LogP) is 2.30. The van der Waals surface area contributed by atoms with Gasteiger partial charge < -0.3 is 15.8 Å². The van der Waals surface area contributed by atoms with Crippen LogP contribution in [-0.4, -0.2) is 43.6 Å². The number of nitrogens with one attached hydrogen (secondary N) is 1. The average molecular weight is 333 g/mol. The maximum absolute atomic E-state index is 11.5. The molecule has 1 aliphatic rings. The molecule has 1 saturated heterocycles. The van der Waals surface area contributed by atoms with Gasteiger partial charge in [-0.25, -0.2) is 0 Å². The third kappa shape index (κ3) is 7.32. The number of carbonyl (C=O) groups excluding carboxylic acids is 1. The van der Waals surface area contributed by atoms with E-state index in [0.29, 0.717) is 26.1 Å². The summed E-state index contributed by atoms with van der Waals surface area (Å²) in [6.07, 6.45) is 6.05. The Hall–Kier alpha value is -1.59. The molecule has 5 nitrogen and oxygen atoms in total. The lowest BCUT2D eigenvalue weighted by molar-refractivity contribution is -0.121. The molecule has 5 heteroatoms. The average Bonchev–Trinajstić information content (AvgIpc) is 2.61. The summed E-state index contributed by atoms with van der Waals surface area (Å²) in [6.45, 7) is 5.24. The van der Waals surface area contributed by atoms with Gasteiger partial charge in [-0.3, -0.25) is 9.69 Å². The Morgan fingerprint density at radius 2 is 2.04 bits per heavy atom. The SMILES string of the molecule is NCCCC(=O)NCCCOc1cccc(CN2CCCCC2)c1. The van der Waals surface area contributed by atoms with Gasteiger partial charge in [0.25, 0.3) is 0 Å². The van der Waals surface area contributed by atoms with Gasteiger partial charge in [-0.1, -0.05) is 18.6 Å². The number of ether oxygens (including phenoxy) is 1. The number of nitrogens with zero attached hydrogens (tertiary/aromatic N) is 1. The number of amides is 1.